The van der Waals surface area contributed by atoms with Gasteiger partial charge in [0.1, 0.15) is 6.04 Å². The molecule has 6 nitrogen and oxygen atoms in total. The molecule has 1 unspecified atom stereocenters. The van der Waals surface area contributed by atoms with Gasteiger partial charge in [-0.05, 0) is 12.3 Å². The Bertz CT molecular complexity index is 319. The monoisotopic (exact) mass is 291 g/mol. The van der Waals surface area contributed by atoms with Gasteiger partial charge in [-0.25, -0.2) is 4.79 Å². The fraction of sp³-hybridized carbons (Fsp3) is 0.750. The quantitative estimate of drug-likeness (QED) is 0.484. The van der Waals surface area contributed by atoms with Crippen LogP contribution < -0.4 is 5.32 Å². The minimum Gasteiger partial charge on any atom is -0.481 e. The van der Waals surface area contributed by atoms with Crippen molar-refractivity contribution < 1.29 is 24.2 Å². The summed E-state index contributed by atoms with van der Waals surface area (Å²) in [6.07, 6.45) is 0.530. The second-order valence-corrected chi connectivity index (χ2v) is 5.57. The lowest BCUT2D eigenvalue weighted by Gasteiger charge is -2.18. The molecular formula is C12H21NO5S. The van der Waals surface area contributed by atoms with Crippen molar-refractivity contribution in [2.45, 2.75) is 32.7 Å². The maximum absolute atomic E-state index is 11.6. The SMILES string of the molecule is COC(=O)C(CC(C)C)NC(=O)CSCCC(=O)O. The fourth-order valence-corrected chi connectivity index (χ4v) is 2.12. The molecule has 0 rings (SSSR count). The number of carboxylic acid groups (broad SMARTS) is 1. The molecule has 0 saturated carbocycles. The van der Waals surface area contributed by atoms with Crippen molar-refractivity contribution in [2.75, 3.05) is 18.6 Å². The molecule has 0 heterocycles. The number of hydrogen-bond donors (Lipinski definition) is 2. The summed E-state index contributed by atoms with van der Waals surface area (Å²) in [5, 5.41) is 11.1. The Hall–Kier alpha value is -1.24. The molecule has 0 fully saturated rings. The van der Waals surface area contributed by atoms with Gasteiger partial charge in [-0.1, -0.05) is 13.8 Å². The van der Waals surface area contributed by atoms with E-state index >= 15 is 0 Å². The molecule has 7 heteroatoms. The predicted molar refractivity (Wildman–Crippen MR) is 73.0 cm³/mol. The van der Waals surface area contributed by atoms with Gasteiger partial charge in [0.15, 0.2) is 0 Å². The molecule has 1 atom stereocenters. The molecule has 0 saturated heterocycles. The number of nitrogens with one attached hydrogen (secondary N) is 1. The Kier molecular flexibility index (Phi) is 9.03. The van der Waals surface area contributed by atoms with Gasteiger partial charge in [-0.3, -0.25) is 9.59 Å². The first-order valence-electron chi connectivity index (χ1n) is 6.03. The van der Waals surface area contributed by atoms with E-state index in [0.717, 1.165) is 0 Å². The van der Waals surface area contributed by atoms with Crippen LogP contribution in [0.1, 0.15) is 26.7 Å². The number of thioether (sulfide) groups is 1. The summed E-state index contributed by atoms with van der Waals surface area (Å²) in [7, 11) is 1.28. The molecule has 0 aliphatic carbocycles. The van der Waals surface area contributed by atoms with E-state index in [9.17, 15) is 14.4 Å². The van der Waals surface area contributed by atoms with E-state index in [4.69, 9.17) is 5.11 Å². The Morgan fingerprint density at radius 3 is 2.42 bits per heavy atom. The molecule has 1 amide bonds. The third-order valence-corrected chi connectivity index (χ3v) is 3.18. The molecule has 0 aromatic heterocycles. The smallest absolute Gasteiger partial charge is 0.328 e. The van der Waals surface area contributed by atoms with E-state index in [1.165, 1.54) is 18.9 Å². The average Bonchev–Trinajstić information content (AvgIpc) is 2.32. The van der Waals surface area contributed by atoms with E-state index in [1.807, 2.05) is 13.8 Å². The van der Waals surface area contributed by atoms with Gasteiger partial charge in [-0.2, -0.15) is 11.8 Å². The summed E-state index contributed by atoms with van der Waals surface area (Å²) in [6.45, 7) is 3.90. The van der Waals surface area contributed by atoms with Crippen molar-refractivity contribution in [3.63, 3.8) is 0 Å². The van der Waals surface area contributed by atoms with Crippen LogP contribution in [0.5, 0.6) is 0 Å². The number of ether oxygens (including phenoxy) is 1. The molecule has 0 aliphatic heterocycles. The van der Waals surface area contributed by atoms with E-state index in [-0.39, 0.29) is 24.0 Å². The molecule has 0 aromatic rings. The van der Waals surface area contributed by atoms with Crippen LogP contribution in [0.2, 0.25) is 0 Å². The molecular weight excluding hydrogens is 270 g/mol. The first kappa shape index (κ1) is 17.8. The van der Waals surface area contributed by atoms with E-state index in [2.05, 4.69) is 10.1 Å². The summed E-state index contributed by atoms with van der Waals surface area (Å²) < 4.78 is 4.63. The van der Waals surface area contributed by atoms with Crippen LogP contribution in [-0.2, 0) is 19.1 Å². The summed E-state index contributed by atoms with van der Waals surface area (Å²) in [4.78, 5) is 33.4. The van der Waals surface area contributed by atoms with E-state index in [1.54, 1.807) is 0 Å². The lowest BCUT2D eigenvalue weighted by molar-refractivity contribution is -0.145. The lowest BCUT2D eigenvalue weighted by atomic mass is 10.0. The Morgan fingerprint density at radius 2 is 1.95 bits per heavy atom. The van der Waals surface area contributed by atoms with Crippen LogP contribution in [-0.4, -0.2) is 47.6 Å². The summed E-state index contributed by atoms with van der Waals surface area (Å²) >= 11 is 1.22. The number of rotatable bonds is 9. The Balaban J connectivity index is 4.09. The number of hydrogen-bond acceptors (Lipinski definition) is 5. The molecule has 0 bridgehead atoms. The minimum atomic E-state index is -0.889. The molecule has 0 spiro atoms. The number of aliphatic carboxylic acids is 1. The second kappa shape index (κ2) is 9.66. The maximum Gasteiger partial charge on any atom is 0.328 e. The van der Waals surface area contributed by atoms with Crippen LogP contribution in [0.25, 0.3) is 0 Å². The van der Waals surface area contributed by atoms with Crippen LogP contribution >= 0.6 is 11.8 Å². The number of esters is 1. The number of methoxy groups -OCH3 is 1. The van der Waals surface area contributed by atoms with Crippen molar-refractivity contribution in [3.8, 4) is 0 Å². The third-order valence-electron chi connectivity index (χ3n) is 2.22. The third kappa shape index (κ3) is 9.35. The van der Waals surface area contributed by atoms with Gasteiger partial charge < -0.3 is 15.2 Å². The molecule has 0 radical (unpaired) electrons. The van der Waals surface area contributed by atoms with Crippen LogP contribution in [0.3, 0.4) is 0 Å². The Morgan fingerprint density at radius 1 is 1.32 bits per heavy atom. The average molecular weight is 291 g/mol. The van der Waals surface area contributed by atoms with Crippen molar-refractivity contribution in [3.05, 3.63) is 0 Å². The van der Waals surface area contributed by atoms with Gasteiger partial charge in [0.2, 0.25) is 5.91 Å². The number of carbonyl (C=O) groups is 3. The summed E-state index contributed by atoms with van der Waals surface area (Å²) in [6, 6.07) is -0.641. The van der Waals surface area contributed by atoms with Crippen LogP contribution in [0.15, 0.2) is 0 Å². The van der Waals surface area contributed by atoms with Crippen LogP contribution in [0.4, 0.5) is 0 Å². The fourth-order valence-electron chi connectivity index (χ4n) is 1.39. The molecule has 0 aromatic carbocycles. The van der Waals surface area contributed by atoms with Crippen molar-refractivity contribution in [1.82, 2.24) is 5.32 Å². The van der Waals surface area contributed by atoms with Gasteiger partial charge in [0.25, 0.3) is 0 Å². The van der Waals surface area contributed by atoms with Crippen LogP contribution in [0, 0.1) is 5.92 Å². The zero-order valence-electron chi connectivity index (χ0n) is 11.5. The molecule has 0 aliphatic rings. The van der Waals surface area contributed by atoms with Gasteiger partial charge in [-0.15, -0.1) is 0 Å². The van der Waals surface area contributed by atoms with E-state index < -0.39 is 18.0 Å². The highest BCUT2D eigenvalue weighted by Gasteiger charge is 2.22. The van der Waals surface area contributed by atoms with Crippen molar-refractivity contribution in [2.24, 2.45) is 5.92 Å². The van der Waals surface area contributed by atoms with Gasteiger partial charge in [0, 0.05) is 5.75 Å². The first-order valence-corrected chi connectivity index (χ1v) is 7.19. The highest BCUT2D eigenvalue weighted by Crippen LogP contribution is 2.07. The Labute approximate surface area is 117 Å². The van der Waals surface area contributed by atoms with Crippen molar-refractivity contribution >= 4 is 29.6 Å². The summed E-state index contributed by atoms with van der Waals surface area (Å²) in [5.41, 5.74) is 0. The summed E-state index contributed by atoms with van der Waals surface area (Å²) in [5.74, 6) is -0.873. The highest BCUT2D eigenvalue weighted by atomic mass is 32.2. The molecule has 110 valence electrons. The maximum atomic E-state index is 11.6. The second-order valence-electron chi connectivity index (χ2n) is 4.47. The lowest BCUT2D eigenvalue weighted by Crippen LogP contribution is -2.43. The minimum absolute atomic E-state index is 0.0182. The normalized spacial score (nSPS) is 12.0. The van der Waals surface area contributed by atoms with Gasteiger partial charge >= 0.3 is 11.9 Å². The van der Waals surface area contributed by atoms with Gasteiger partial charge in [0.05, 0.1) is 19.3 Å². The topological polar surface area (TPSA) is 92.7 Å². The van der Waals surface area contributed by atoms with Crippen molar-refractivity contribution in [1.29, 1.82) is 0 Å². The predicted octanol–water partition coefficient (Wildman–Crippen LogP) is 0.898. The first-order chi connectivity index (χ1) is 8.86. The highest BCUT2D eigenvalue weighted by molar-refractivity contribution is 7.99. The number of carboxylic acids is 1. The number of amides is 1. The zero-order chi connectivity index (χ0) is 14.8. The largest absolute Gasteiger partial charge is 0.481 e. The number of carbonyl (C=O) groups excluding carboxylic acids is 2. The molecule has 2 N–H and O–H groups in total. The zero-order valence-corrected chi connectivity index (χ0v) is 12.3. The van der Waals surface area contributed by atoms with E-state index in [0.29, 0.717) is 12.2 Å². The molecule has 19 heavy (non-hydrogen) atoms. The standard InChI is InChI=1S/C12H21NO5S/c1-8(2)6-9(12(17)18-3)13-10(14)7-19-5-4-11(15)16/h8-9H,4-7H2,1-3H3,(H,13,14)(H,15,16).